The van der Waals surface area contributed by atoms with Crippen LogP contribution in [0.1, 0.15) is 11.1 Å². The van der Waals surface area contributed by atoms with Gasteiger partial charge in [-0.1, -0.05) is 50.1 Å². The molecule has 1 unspecified atom stereocenters. The van der Waals surface area contributed by atoms with E-state index in [1.807, 2.05) is 4.34 Å². The van der Waals surface area contributed by atoms with Crippen molar-refractivity contribution in [1.29, 1.82) is 0 Å². The van der Waals surface area contributed by atoms with E-state index in [0.717, 1.165) is 4.47 Å². The third-order valence-electron chi connectivity index (χ3n) is 2.23. The molecule has 0 saturated heterocycles. The van der Waals surface area contributed by atoms with Crippen molar-refractivity contribution in [2.45, 2.75) is 13.8 Å². The monoisotopic (exact) mass is 521 g/mol. The van der Waals surface area contributed by atoms with Crippen LogP contribution in [0.3, 0.4) is 0 Å². The minimum absolute atomic E-state index is 0. The summed E-state index contributed by atoms with van der Waals surface area (Å²) in [5, 5.41) is 1.27. The number of aryl methyl sites for hydroxylation is 2. The summed E-state index contributed by atoms with van der Waals surface area (Å²) in [7, 11) is 2.64. The predicted octanol–water partition coefficient (Wildman–Crippen LogP) is 3.46. The van der Waals surface area contributed by atoms with Gasteiger partial charge in [0.2, 0.25) is 0 Å². The van der Waals surface area contributed by atoms with Gasteiger partial charge in [-0.15, -0.1) is 17.1 Å². The maximum atomic E-state index is 3.52. The largest absolute Gasteiger partial charge is 0.448 e. The molecule has 0 amide bonds. The molecule has 0 aliphatic heterocycles. The van der Waals surface area contributed by atoms with Gasteiger partial charge in [-0.05, 0) is 6.92 Å². The Hall–Kier alpha value is -1.33. The third-order valence-corrected chi connectivity index (χ3v) is 3.49. The van der Waals surface area contributed by atoms with Gasteiger partial charge in [-0.2, -0.15) is 5.39 Å². The second kappa shape index (κ2) is 3.43. The summed E-state index contributed by atoms with van der Waals surface area (Å²) in [6.45, 7) is 4.18. The minimum atomic E-state index is 0. The first-order chi connectivity index (χ1) is 6.09. The van der Waals surface area contributed by atoms with Crippen LogP contribution in [0.25, 0.3) is 10.9 Å². The molecule has 0 bridgehead atoms. The van der Waals surface area contributed by atoms with E-state index in [1.54, 1.807) is 0 Å². The Morgan fingerprint density at radius 3 is 2.64 bits per heavy atom. The average molecular weight is 522 g/mol. The van der Waals surface area contributed by atoms with Crippen molar-refractivity contribution >= 4 is 36.2 Å². The molecule has 0 saturated carbocycles. The van der Waals surface area contributed by atoms with E-state index in [-0.39, 0.29) is 0 Å². The van der Waals surface area contributed by atoms with E-state index in [2.05, 4.69) is 57.5 Å². The van der Waals surface area contributed by atoms with Crippen molar-refractivity contribution in [3.8, 4) is 0 Å². The molecule has 0 aliphatic rings. The molecule has 1 aromatic carbocycles. The number of fused-ring (bicyclic) bond motifs is 1. The summed E-state index contributed by atoms with van der Waals surface area (Å²) in [5.74, 6) is 0. The van der Waals surface area contributed by atoms with Gasteiger partial charge in [0.25, 0.3) is 0 Å². The summed E-state index contributed by atoms with van der Waals surface area (Å²) in [5.41, 5.74) is 3.65. The molecule has 0 radical (unpaired) electrons. The summed E-state index contributed by atoms with van der Waals surface area (Å²) < 4.78 is 3.10. The Morgan fingerprint density at radius 1 is 1.36 bits per heavy atom. The number of halogens is 1. The predicted molar refractivity (Wildman–Crippen MR) is 63.1 cm³/mol. The number of hydrogen-bond donors (Lipinski definition) is 0. The molecule has 14 heavy (non-hydrogen) atoms. The SMILES string of the molecule is Cc1cc2c(C)[c-]n(P)c2cc1Br.[Rf]. The van der Waals surface area contributed by atoms with Crippen molar-refractivity contribution in [2.75, 3.05) is 0 Å². The molecule has 1 atom stereocenters. The number of benzene rings is 1. The quantitative estimate of drug-likeness (QED) is 0.370. The molecule has 4 heteroatoms. The molecule has 2 aromatic rings. The van der Waals surface area contributed by atoms with Crippen LogP contribution >= 0.6 is 25.3 Å². The first-order valence-corrected chi connectivity index (χ1v) is 5.36. The topological polar surface area (TPSA) is 4.93 Å². The zero-order chi connectivity index (χ0) is 9.59. The number of aromatic nitrogens is 1. The Balaban J connectivity index is 0.000000980. The van der Waals surface area contributed by atoms with E-state index < -0.39 is 0 Å². The van der Waals surface area contributed by atoms with E-state index >= 15 is 0 Å². The van der Waals surface area contributed by atoms with Gasteiger partial charge < -0.3 is 4.34 Å². The van der Waals surface area contributed by atoms with E-state index in [0.29, 0.717) is 0 Å². The normalized spacial score (nSPS) is 10.3. The van der Waals surface area contributed by atoms with E-state index in [1.165, 1.54) is 22.0 Å². The number of rotatable bonds is 0. The Morgan fingerprint density at radius 2 is 2.00 bits per heavy atom. The molecule has 2 rings (SSSR count). The molecular formula is C10H10BrNPRf-. The van der Waals surface area contributed by atoms with E-state index in [4.69, 9.17) is 0 Å². The standard InChI is InChI=1S/C10H10BrNP.Rf/c1-6-3-8-7(2)5-12(13)10(8)4-9(6)11;/h3-4H,13H2,1-2H3;/q-1;. The first-order valence-electron chi connectivity index (χ1n) is 4.05. The molecule has 0 fully saturated rings. The zero-order valence-corrected chi connectivity index (χ0v) is 17.4. The van der Waals surface area contributed by atoms with Crippen molar-refractivity contribution in [3.05, 3.63) is 33.9 Å². The fraction of sp³-hybridized carbons (Fsp3) is 0.200. The summed E-state index contributed by atoms with van der Waals surface area (Å²) >= 11 is 3.52. The molecule has 70 valence electrons. The molecule has 0 N–H and O–H groups in total. The first kappa shape index (κ1) is 10.7. The van der Waals surface area contributed by atoms with Gasteiger partial charge in [0, 0.05) is 4.47 Å². The Labute approximate surface area is 88.5 Å². The number of nitrogens with zero attached hydrogens (tertiary/aromatic N) is 1. The fourth-order valence-corrected chi connectivity index (χ4v) is 2.21. The second-order valence-corrected chi connectivity index (χ2v) is 4.60. The van der Waals surface area contributed by atoms with Crippen LogP contribution in [-0.4, -0.2) is 4.34 Å². The van der Waals surface area contributed by atoms with Crippen LogP contribution in [0.2, 0.25) is 0 Å². The van der Waals surface area contributed by atoms with E-state index in [9.17, 15) is 0 Å². The van der Waals surface area contributed by atoms with Gasteiger partial charge in [0.15, 0.2) is 0 Å². The van der Waals surface area contributed by atoms with Gasteiger partial charge in [0.05, 0.1) is 0 Å². The molecular weight excluding hydrogens is 512 g/mol. The van der Waals surface area contributed by atoms with Gasteiger partial charge in [0.1, 0.15) is 0 Å². The average Bonchev–Trinajstić information content (AvgIpc) is 2.31. The maximum Gasteiger partial charge on any atom is 0.00824 e. The molecule has 0 aliphatic carbocycles. The van der Waals surface area contributed by atoms with Crippen LogP contribution in [0.15, 0.2) is 16.6 Å². The van der Waals surface area contributed by atoms with Crippen molar-refractivity contribution in [2.24, 2.45) is 0 Å². The second-order valence-electron chi connectivity index (χ2n) is 3.23. The third kappa shape index (κ3) is 1.40. The fourth-order valence-electron chi connectivity index (χ4n) is 1.47. The van der Waals surface area contributed by atoms with Gasteiger partial charge >= 0.3 is 0 Å². The molecule has 0 spiro atoms. The Kier molecular flexibility index (Phi) is 2.64. The summed E-state index contributed by atoms with van der Waals surface area (Å²) in [4.78, 5) is 0. The van der Waals surface area contributed by atoms with Crippen LogP contribution in [0.5, 0.6) is 0 Å². The van der Waals surface area contributed by atoms with Crippen LogP contribution in [-0.2, 0) is 0 Å². The van der Waals surface area contributed by atoms with Crippen molar-refractivity contribution in [1.82, 2.24) is 4.34 Å². The van der Waals surface area contributed by atoms with Gasteiger partial charge in [-0.3, -0.25) is 0 Å². The van der Waals surface area contributed by atoms with Crippen molar-refractivity contribution in [3.63, 3.8) is 0 Å². The van der Waals surface area contributed by atoms with Crippen LogP contribution in [0, 0.1) is 20.0 Å². The van der Waals surface area contributed by atoms with Gasteiger partial charge in [-0.25, -0.2) is 0 Å². The minimum Gasteiger partial charge on any atom is -0.448 e. The zero-order valence-electron chi connectivity index (χ0n) is 8.26. The molecule has 1 nitrogen and oxygen atoms in total. The summed E-state index contributed by atoms with van der Waals surface area (Å²) in [6.07, 6.45) is 3.23. The molecule has 1 aromatic heterocycles. The smallest absolute Gasteiger partial charge is 0.00824 e. The van der Waals surface area contributed by atoms with Crippen LogP contribution in [0.4, 0.5) is 0 Å². The van der Waals surface area contributed by atoms with Crippen LogP contribution < -0.4 is 0 Å². The maximum absolute atomic E-state index is 3.52. The Bertz CT molecular complexity index is 436. The number of hydrogen-bond acceptors (Lipinski definition) is 0. The molecule has 1 heterocycles. The summed E-state index contributed by atoms with van der Waals surface area (Å²) in [6, 6.07) is 4.31. The van der Waals surface area contributed by atoms with Crippen molar-refractivity contribution < 1.29 is 0 Å².